The summed E-state index contributed by atoms with van der Waals surface area (Å²) in [6.45, 7) is 7.07. The van der Waals surface area contributed by atoms with Crippen LogP contribution in [0.5, 0.6) is 0 Å². The van der Waals surface area contributed by atoms with E-state index in [4.69, 9.17) is 0 Å². The molecule has 2 aromatic heterocycles. The minimum atomic E-state index is -0.599. The molecule has 0 aliphatic rings. The first-order valence-corrected chi connectivity index (χ1v) is 8.63. The molecule has 0 aromatic carbocycles. The molecular weight excluding hydrogens is 354 g/mol. The molecule has 0 spiro atoms. The summed E-state index contributed by atoms with van der Waals surface area (Å²) >= 11 is 0. The molecule has 2 heterocycles. The number of carbonyl (C=O) groups excluding carboxylic acids is 2. The molecule has 2 rings (SSSR count). The summed E-state index contributed by atoms with van der Waals surface area (Å²) < 4.78 is 2.89. The fourth-order valence-corrected chi connectivity index (χ4v) is 2.22. The van der Waals surface area contributed by atoms with Gasteiger partial charge in [0.15, 0.2) is 5.69 Å². The normalized spacial score (nSPS) is 10.8. The molecule has 0 saturated heterocycles. The number of anilines is 1. The number of nitro groups is 1. The molecule has 0 bridgehead atoms. The Balaban J connectivity index is 2.00. The first kappa shape index (κ1) is 20.1. The highest BCUT2D eigenvalue weighted by Crippen LogP contribution is 2.15. The second-order valence-electron chi connectivity index (χ2n) is 6.34. The number of carbonyl (C=O) groups is 2. The van der Waals surface area contributed by atoms with E-state index in [1.807, 2.05) is 20.8 Å². The maximum Gasteiger partial charge on any atom is 0.389 e. The number of nitrogens with zero attached hydrogens (tertiary/aromatic N) is 5. The predicted octanol–water partition coefficient (Wildman–Crippen LogP) is 1.42. The van der Waals surface area contributed by atoms with Gasteiger partial charge in [-0.3, -0.25) is 14.3 Å². The summed E-state index contributed by atoms with van der Waals surface area (Å²) in [6, 6.07) is 1.26. The van der Waals surface area contributed by atoms with Crippen LogP contribution < -0.4 is 10.6 Å². The lowest BCUT2D eigenvalue weighted by Gasteiger charge is -2.08. The Morgan fingerprint density at radius 2 is 2.04 bits per heavy atom. The van der Waals surface area contributed by atoms with Crippen LogP contribution in [0.2, 0.25) is 0 Å². The average molecular weight is 377 g/mol. The molecule has 0 atom stereocenters. The maximum absolute atomic E-state index is 12.3. The molecule has 2 aromatic rings. The van der Waals surface area contributed by atoms with E-state index in [-0.39, 0.29) is 36.3 Å². The zero-order chi connectivity index (χ0) is 20.0. The van der Waals surface area contributed by atoms with E-state index >= 15 is 0 Å². The Bertz CT molecular complexity index is 825. The lowest BCUT2D eigenvalue weighted by molar-refractivity contribution is -0.389. The van der Waals surface area contributed by atoms with Crippen LogP contribution in [0.4, 0.5) is 11.5 Å². The van der Waals surface area contributed by atoms with E-state index in [0.717, 1.165) is 0 Å². The smallest absolute Gasteiger partial charge is 0.358 e. The Morgan fingerprint density at radius 1 is 1.30 bits per heavy atom. The first-order valence-electron chi connectivity index (χ1n) is 8.63. The van der Waals surface area contributed by atoms with E-state index in [9.17, 15) is 19.7 Å². The van der Waals surface area contributed by atoms with Gasteiger partial charge >= 0.3 is 5.82 Å². The van der Waals surface area contributed by atoms with Crippen molar-refractivity contribution >= 4 is 23.3 Å². The van der Waals surface area contributed by atoms with Crippen molar-refractivity contribution in [2.24, 2.45) is 5.92 Å². The molecular formula is C16H23N7O4. The highest BCUT2D eigenvalue weighted by atomic mass is 16.6. The van der Waals surface area contributed by atoms with Gasteiger partial charge in [0.2, 0.25) is 5.91 Å². The Morgan fingerprint density at radius 3 is 2.63 bits per heavy atom. The van der Waals surface area contributed by atoms with E-state index in [1.54, 1.807) is 10.9 Å². The highest BCUT2D eigenvalue weighted by molar-refractivity contribution is 6.02. The molecule has 0 radical (unpaired) electrons. The topological polar surface area (TPSA) is 137 Å². The lowest BCUT2D eigenvalue weighted by Crippen LogP contribution is -2.29. The molecule has 146 valence electrons. The van der Waals surface area contributed by atoms with Crippen molar-refractivity contribution in [2.45, 2.75) is 40.3 Å². The lowest BCUT2D eigenvalue weighted by atomic mass is 10.2. The molecule has 11 heteroatoms. The van der Waals surface area contributed by atoms with Crippen molar-refractivity contribution in [1.29, 1.82) is 0 Å². The Labute approximate surface area is 155 Å². The zero-order valence-corrected chi connectivity index (χ0v) is 15.5. The van der Waals surface area contributed by atoms with Gasteiger partial charge in [-0.05, 0) is 17.8 Å². The van der Waals surface area contributed by atoms with Gasteiger partial charge in [-0.15, -0.1) is 0 Å². The summed E-state index contributed by atoms with van der Waals surface area (Å²) in [6.07, 6.45) is 3.08. The molecule has 0 unspecified atom stereocenters. The third-order valence-electron chi connectivity index (χ3n) is 3.63. The van der Waals surface area contributed by atoms with Crippen LogP contribution in [0.3, 0.4) is 0 Å². The number of aromatic nitrogens is 4. The summed E-state index contributed by atoms with van der Waals surface area (Å²) in [5.41, 5.74) is 0.482. The first-order chi connectivity index (χ1) is 12.8. The fourth-order valence-electron chi connectivity index (χ4n) is 2.22. The minimum absolute atomic E-state index is 0.0448. The fraction of sp³-hybridized carbons (Fsp3) is 0.500. The van der Waals surface area contributed by atoms with Crippen LogP contribution in [-0.2, 0) is 17.9 Å². The number of nitrogens with one attached hydrogen (secondary N) is 2. The van der Waals surface area contributed by atoms with Crippen molar-refractivity contribution in [1.82, 2.24) is 24.9 Å². The number of hydrogen-bond acceptors (Lipinski definition) is 6. The van der Waals surface area contributed by atoms with Gasteiger partial charge in [-0.2, -0.15) is 9.78 Å². The summed E-state index contributed by atoms with van der Waals surface area (Å²) in [5.74, 6) is -0.683. The number of rotatable bonds is 9. The predicted molar refractivity (Wildman–Crippen MR) is 97.2 cm³/mol. The van der Waals surface area contributed by atoms with Crippen molar-refractivity contribution in [3.8, 4) is 0 Å². The Hall–Kier alpha value is -3.24. The third-order valence-corrected chi connectivity index (χ3v) is 3.63. The SMILES string of the molecule is CCn1cc(NC(=O)CCn2ccc([N+](=O)[O-])n2)c(C(=O)NCC(C)C)n1. The molecule has 0 aliphatic heterocycles. The van der Waals surface area contributed by atoms with Crippen LogP contribution in [0.1, 0.15) is 37.7 Å². The van der Waals surface area contributed by atoms with E-state index < -0.39 is 4.92 Å². The zero-order valence-electron chi connectivity index (χ0n) is 15.5. The van der Waals surface area contributed by atoms with Gasteiger partial charge in [0.25, 0.3) is 5.91 Å². The van der Waals surface area contributed by atoms with E-state index in [2.05, 4.69) is 20.8 Å². The van der Waals surface area contributed by atoms with Crippen LogP contribution in [-0.4, -0.2) is 42.8 Å². The molecule has 0 saturated carbocycles. The number of aryl methyl sites for hydroxylation is 2. The van der Waals surface area contributed by atoms with Crippen molar-refractivity contribution in [3.63, 3.8) is 0 Å². The summed E-state index contributed by atoms with van der Waals surface area (Å²) in [4.78, 5) is 34.5. The summed E-state index contributed by atoms with van der Waals surface area (Å²) in [5, 5.41) is 24.0. The molecule has 11 nitrogen and oxygen atoms in total. The second-order valence-corrected chi connectivity index (χ2v) is 6.34. The quantitative estimate of drug-likeness (QED) is 0.501. The van der Waals surface area contributed by atoms with E-state index in [1.165, 1.54) is 16.9 Å². The van der Waals surface area contributed by atoms with Crippen molar-refractivity contribution in [2.75, 3.05) is 11.9 Å². The number of amides is 2. The largest absolute Gasteiger partial charge is 0.389 e. The number of hydrogen-bond donors (Lipinski definition) is 2. The maximum atomic E-state index is 12.3. The second kappa shape index (κ2) is 8.92. The average Bonchev–Trinajstić information content (AvgIpc) is 3.24. The van der Waals surface area contributed by atoms with Crippen LogP contribution in [0.15, 0.2) is 18.5 Å². The van der Waals surface area contributed by atoms with Gasteiger partial charge in [-0.25, -0.2) is 0 Å². The Kier molecular flexibility index (Phi) is 6.63. The monoisotopic (exact) mass is 377 g/mol. The molecule has 2 amide bonds. The molecule has 2 N–H and O–H groups in total. The minimum Gasteiger partial charge on any atom is -0.358 e. The standard InChI is InChI=1S/C16H23N7O4/c1-4-21-10-12(15(20-21)16(25)17-9-11(2)3)18-14(24)6-8-22-7-5-13(19-22)23(26)27/h5,7,10-11H,4,6,8-9H2,1-3H3,(H,17,25)(H,18,24). The van der Waals surface area contributed by atoms with Crippen LogP contribution in [0, 0.1) is 16.0 Å². The molecule has 0 fully saturated rings. The summed E-state index contributed by atoms with van der Waals surface area (Å²) in [7, 11) is 0. The molecule has 27 heavy (non-hydrogen) atoms. The van der Waals surface area contributed by atoms with E-state index in [0.29, 0.717) is 24.7 Å². The van der Waals surface area contributed by atoms with Gasteiger partial charge in [0, 0.05) is 25.7 Å². The molecule has 0 aliphatic carbocycles. The van der Waals surface area contributed by atoms with Gasteiger partial charge in [-0.1, -0.05) is 13.8 Å². The van der Waals surface area contributed by atoms with Gasteiger partial charge in [0.05, 0.1) is 29.6 Å². The third kappa shape index (κ3) is 5.62. The van der Waals surface area contributed by atoms with Gasteiger partial charge in [0.1, 0.15) is 0 Å². The van der Waals surface area contributed by atoms with Gasteiger partial charge < -0.3 is 20.7 Å². The van der Waals surface area contributed by atoms with Crippen molar-refractivity contribution < 1.29 is 14.5 Å². The van der Waals surface area contributed by atoms with Crippen LogP contribution in [0.25, 0.3) is 0 Å². The highest BCUT2D eigenvalue weighted by Gasteiger charge is 2.19. The van der Waals surface area contributed by atoms with Crippen molar-refractivity contribution in [3.05, 3.63) is 34.3 Å². The van der Waals surface area contributed by atoms with Crippen LogP contribution >= 0.6 is 0 Å².